The maximum absolute atomic E-state index is 13.2. The van der Waals surface area contributed by atoms with Gasteiger partial charge in [0.2, 0.25) is 0 Å². The average molecular weight is 483 g/mol. The van der Waals surface area contributed by atoms with E-state index < -0.39 is 0 Å². The SMILES string of the molecule is CC(=O)c1ccc(C(=O)N(CCN(C)C)c2nc3ccc(Br)cc3s2)cc1.Cl. The third-order valence-corrected chi connectivity index (χ3v) is 5.66. The normalized spacial score (nSPS) is 10.8. The van der Waals surface area contributed by atoms with Crippen LogP contribution in [-0.4, -0.2) is 48.8 Å². The molecule has 0 aliphatic heterocycles. The van der Waals surface area contributed by atoms with Crippen LogP contribution < -0.4 is 4.90 Å². The third kappa shape index (κ3) is 5.17. The molecule has 3 aromatic rings. The molecule has 0 saturated carbocycles. The zero-order valence-electron chi connectivity index (χ0n) is 15.8. The van der Waals surface area contributed by atoms with Crippen LogP contribution in [0.4, 0.5) is 5.13 Å². The molecule has 0 aliphatic rings. The molecule has 0 saturated heterocycles. The number of thiazole rings is 1. The fourth-order valence-electron chi connectivity index (χ4n) is 2.59. The molecule has 148 valence electrons. The van der Waals surface area contributed by atoms with E-state index in [-0.39, 0.29) is 24.1 Å². The summed E-state index contributed by atoms with van der Waals surface area (Å²) in [6.07, 6.45) is 0. The number of nitrogens with zero attached hydrogens (tertiary/aromatic N) is 3. The number of fused-ring (bicyclic) bond motifs is 1. The van der Waals surface area contributed by atoms with Gasteiger partial charge in [-0.05, 0) is 51.4 Å². The van der Waals surface area contributed by atoms with Gasteiger partial charge in [0, 0.05) is 28.7 Å². The summed E-state index contributed by atoms with van der Waals surface area (Å²) in [4.78, 5) is 33.0. The van der Waals surface area contributed by atoms with Crippen molar-refractivity contribution in [3.05, 3.63) is 58.1 Å². The molecule has 0 N–H and O–H groups in total. The van der Waals surface area contributed by atoms with Crippen LogP contribution in [0, 0.1) is 0 Å². The van der Waals surface area contributed by atoms with Gasteiger partial charge in [-0.1, -0.05) is 39.4 Å². The van der Waals surface area contributed by atoms with Crippen LogP contribution in [0.3, 0.4) is 0 Å². The van der Waals surface area contributed by atoms with Crippen molar-refractivity contribution in [2.24, 2.45) is 0 Å². The Morgan fingerprint density at radius 2 is 1.68 bits per heavy atom. The Morgan fingerprint density at radius 3 is 2.29 bits per heavy atom. The predicted molar refractivity (Wildman–Crippen MR) is 121 cm³/mol. The van der Waals surface area contributed by atoms with E-state index in [1.54, 1.807) is 29.2 Å². The van der Waals surface area contributed by atoms with E-state index in [1.807, 2.05) is 37.2 Å². The minimum atomic E-state index is -0.120. The molecule has 2 aromatic carbocycles. The first kappa shape index (κ1) is 22.5. The van der Waals surface area contributed by atoms with Gasteiger partial charge in [-0.3, -0.25) is 14.5 Å². The van der Waals surface area contributed by atoms with Crippen molar-refractivity contribution in [3.8, 4) is 0 Å². The molecule has 1 aromatic heterocycles. The molecule has 0 fully saturated rings. The van der Waals surface area contributed by atoms with Crippen LogP contribution in [0.5, 0.6) is 0 Å². The Balaban J connectivity index is 0.00000280. The average Bonchev–Trinajstić information content (AvgIpc) is 3.04. The maximum Gasteiger partial charge on any atom is 0.260 e. The number of amides is 1. The monoisotopic (exact) mass is 481 g/mol. The fourth-order valence-corrected chi connectivity index (χ4v) is 4.13. The van der Waals surface area contributed by atoms with E-state index in [9.17, 15) is 9.59 Å². The lowest BCUT2D eigenvalue weighted by Gasteiger charge is -2.22. The number of benzene rings is 2. The molecule has 0 atom stereocenters. The van der Waals surface area contributed by atoms with Gasteiger partial charge in [-0.25, -0.2) is 4.98 Å². The van der Waals surface area contributed by atoms with Gasteiger partial charge < -0.3 is 4.90 Å². The van der Waals surface area contributed by atoms with Crippen LogP contribution in [-0.2, 0) is 0 Å². The summed E-state index contributed by atoms with van der Waals surface area (Å²) in [7, 11) is 3.94. The number of carbonyl (C=O) groups excluding carboxylic acids is 2. The lowest BCUT2D eigenvalue weighted by molar-refractivity contribution is 0.0981. The summed E-state index contributed by atoms with van der Waals surface area (Å²) < 4.78 is 2.00. The van der Waals surface area contributed by atoms with Crippen LogP contribution in [0.25, 0.3) is 10.2 Å². The molecule has 1 amide bonds. The first-order valence-electron chi connectivity index (χ1n) is 8.49. The van der Waals surface area contributed by atoms with E-state index in [4.69, 9.17) is 0 Å². The molecular formula is C20H21BrClN3O2S. The van der Waals surface area contributed by atoms with Gasteiger partial charge in [0.05, 0.1) is 10.2 Å². The minimum absolute atomic E-state index is 0. The Bertz CT molecular complexity index is 989. The van der Waals surface area contributed by atoms with Crippen LogP contribution in [0.2, 0.25) is 0 Å². The molecule has 5 nitrogen and oxygen atoms in total. The smallest absolute Gasteiger partial charge is 0.260 e. The van der Waals surface area contributed by atoms with Crippen molar-refractivity contribution in [2.45, 2.75) is 6.92 Å². The van der Waals surface area contributed by atoms with Crippen LogP contribution >= 0.6 is 39.7 Å². The zero-order valence-corrected chi connectivity index (χ0v) is 19.0. The van der Waals surface area contributed by atoms with Crippen molar-refractivity contribution in [1.29, 1.82) is 0 Å². The van der Waals surface area contributed by atoms with E-state index in [0.717, 1.165) is 21.2 Å². The zero-order chi connectivity index (χ0) is 19.6. The highest BCUT2D eigenvalue weighted by molar-refractivity contribution is 9.10. The molecule has 0 bridgehead atoms. The number of hydrogen-bond donors (Lipinski definition) is 0. The summed E-state index contributed by atoms with van der Waals surface area (Å²) in [5.74, 6) is -0.139. The molecule has 0 unspecified atom stereocenters. The lowest BCUT2D eigenvalue weighted by Crippen LogP contribution is -2.36. The van der Waals surface area contributed by atoms with E-state index >= 15 is 0 Å². The highest BCUT2D eigenvalue weighted by Crippen LogP contribution is 2.31. The molecule has 0 spiro atoms. The number of hydrogen-bond acceptors (Lipinski definition) is 5. The van der Waals surface area contributed by atoms with Gasteiger partial charge in [0.1, 0.15) is 0 Å². The van der Waals surface area contributed by atoms with Crippen molar-refractivity contribution in [3.63, 3.8) is 0 Å². The standard InChI is InChI=1S/C20H20BrN3O2S.ClH/c1-13(25)14-4-6-15(7-5-14)19(26)24(11-10-23(2)3)20-22-17-9-8-16(21)12-18(17)27-20;/h4-9,12H,10-11H2,1-3H3;1H. The second kappa shape index (κ2) is 9.60. The topological polar surface area (TPSA) is 53.5 Å². The quantitative estimate of drug-likeness (QED) is 0.469. The second-order valence-electron chi connectivity index (χ2n) is 6.50. The Morgan fingerprint density at radius 1 is 1.04 bits per heavy atom. The number of anilines is 1. The maximum atomic E-state index is 13.2. The van der Waals surface area contributed by atoms with Crippen LogP contribution in [0.1, 0.15) is 27.6 Å². The molecular weight excluding hydrogens is 462 g/mol. The van der Waals surface area contributed by atoms with Crippen molar-refractivity contribution in [1.82, 2.24) is 9.88 Å². The first-order valence-corrected chi connectivity index (χ1v) is 10.1. The molecule has 3 rings (SSSR count). The van der Waals surface area contributed by atoms with Gasteiger partial charge >= 0.3 is 0 Å². The number of aromatic nitrogens is 1. The minimum Gasteiger partial charge on any atom is -0.308 e. The summed E-state index contributed by atoms with van der Waals surface area (Å²) in [6.45, 7) is 2.76. The van der Waals surface area contributed by atoms with Gasteiger partial charge in [-0.15, -0.1) is 12.4 Å². The predicted octanol–water partition coefficient (Wildman–Crippen LogP) is 4.89. The Labute approximate surface area is 182 Å². The Hall–Kier alpha value is -1.80. The third-order valence-electron chi connectivity index (χ3n) is 4.12. The summed E-state index contributed by atoms with van der Waals surface area (Å²) in [5, 5.41) is 0.672. The summed E-state index contributed by atoms with van der Waals surface area (Å²) >= 11 is 4.97. The highest BCUT2D eigenvalue weighted by atomic mass is 79.9. The fraction of sp³-hybridized carbons (Fsp3) is 0.250. The number of halogens is 2. The highest BCUT2D eigenvalue weighted by Gasteiger charge is 2.21. The summed E-state index contributed by atoms with van der Waals surface area (Å²) in [5.41, 5.74) is 2.00. The number of ketones is 1. The van der Waals surface area contributed by atoms with Gasteiger partial charge in [0.15, 0.2) is 10.9 Å². The Kier molecular flexibility index (Phi) is 7.71. The van der Waals surface area contributed by atoms with Gasteiger partial charge in [0.25, 0.3) is 5.91 Å². The van der Waals surface area contributed by atoms with E-state index in [1.165, 1.54) is 18.3 Å². The number of carbonyl (C=O) groups is 2. The number of Topliss-reactive ketones (excluding diaryl/α,β-unsaturated/α-hetero) is 1. The first-order chi connectivity index (χ1) is 12.8. The molecule has 0 radical (unpaired) electrons. The lowest BCUT2D eigenvalue weighted by atomic mass is 10.1. The largest absolute Gasteiger partial charge is 0.308 e. The number of likely N-dealkylation sites (N-methyl/N-ethyl adjacent to an activating group) is 1. The van der Waals surface area contributed by atoms with Crippen molar-refractivity contribution < 1.29 is 9.59 Å². The van der Waals surface area contributed by atoms with E-state index in [0.29, 0.717) is 22.8 Å². The second-order valence-corrected chi connectivity index (χ2v) is 8.43. The molecule has 0 aliphatic carbocycles. The molecule has 1 heterocycles. The molecule has 28 heavy (non-hydrogen) atoms. The summed E-state index contributed by atoms with van der Waals surface area (Å²) in [6, 6.07) is 12.7. The van der Waals surface area contributed by atoms with Gasteiger partial charge in [-0.2, -0.15) is 0 Å². The van der Waals surface area contributed by atoms with Crippen molar-refractivity contribution in [2.75, 3.05) is 32.1 Å². The molecule has 8 heteroatoms. The van der Waals surface area contributed by atoms with E-state index in [2.05, 4.69) is 20.9 Å². The van der Waals surface area contributed by atoms with Crippen LogP contribution in [0.15, 0.2) is 46.9 Å². The number of rotatable bonds is 6. The van der Waals surface area contributed by atoms with Crippen molar-refractivity contribution >= 4 is 66.7 Å².